The first-order chi connectivity index (χ1) is 19.1. The normalized spacial score (nSPS) is 15.5. The lowest BCUT2D eigenvalue weighted by Crippen LogP contribution is -2.45. The van der Waals surface area contributed by atoms with E-state index in [0.29, 0.717) is 0 Å². The molecular formula is C30H37N3O8-2. The fraction of sp³-hybridized carbons (Fsp3) is 0.467. The van der Waals surface area contributed by atoms with E-state index in [2.05, 4.69) is 15.3 Å². The van der Waals surface area contributed by atoms with Crippen LogP contribution in [0.15, 0.2) is 58.5 Å². The molecule has 0 bridgehead atoms. The summed E-state index contributed by atoms with van der Waals surface area (Å²) in [5.74, 6) is -2.44. The molecule has 2 aromatic carbocycles. The van der Waals surface area contributed by atoms with Crippen molar-refractivity contribution >= 4 is 24.0 Å². The van der Waals surface area contributed by atoms with Crippen molar-refractivity contribution in [3.05, 3.63) is 59.7 Å². The number of carboxylic acid groups (broad SMARTS) is 1. The van der Waals surface area contributed by atoms with Crippen molar-refractivity contribution in [2.75, 3.05) is 19.8 Å². The molecule has 1 aliphatic carbocycles. The SMILES string of the molecule is CC(C)(C)OC[C@H](N=C([O-])OC(C)(C)C)C(=O)NC[C@@H](N=C([O-])OCC1c2ccccc2-c2ccccc21)C(=O)O. The van der Waals surface area contributed by atoms with Crippen molar-refractivity contribution in [2.45, 2.75) is 70.7 Å². The molecule has 2 N–H and O–H groups in total. The number of benzene rings is 2. The van der Waals surface area contributed by atoms with Crippen LogP contribution in [-0.2, 0) is 23.8 Å². The summed E-state index contributed by atoms with van der Waals surface area (Å²) >= 11 is 0. The molecule has 0 saturated heterocycles. The van der Waals surface area contributed by atoms with Gasteiger partial charge in [0.05, 0.1) is 18.8 Å². The number of aliphatic imine (C=N–C) groups is 2. The quantitative estimate of drug-likeness (QED) is 0.324. The molecule has 2 atom stereocenters. The number of ether oxygens (including phenoxy) is 3. The lowest BCUT2D eigenvalue weighted by atomic mass is 9.98. The van der Waals surface area contributed by atoms with Crippen LogP contribution < -0.4 is 15.5 Å². The molecule has 11 nitrogen and oxygen atoms in total. The first-order valence-corrected chi connectivity index (χ1v) is 13.3. The van der Waals surface area contributed by atoms with E-state index in [0.717, 1.165) is 22.3 Å². The van der Waals surface area contributed by atoms with Gasteiger partial charge in [-0.15, -0.1) is 0 Å². The van der Waals surface area contributed by atoms with E-state index < -0.39 is 53.9 Å². The lowest BCUT2D eigenvalue weighted by Gasteiger charge is -2.30. The largest absolute Gasteiger partial charge is 0.599 e. The summed E-state index contributed by atoms with van der Waals surface area (Å²) in [5.41, 5.74) is 2.64. The minimum atomic E-state index is -1.62. The van der Waals surface area contributed by atoms with E-state index in [1.54, 1.807) is 41.5 Å². The fourth-order valence-corrected chi connectivity index (χ4v) is 4.18. The van der Waals surface area contributed by atoms with Crippen molar-refractivity contribution in [2.24, 2.45) is 9.98 Å². The average Bonchev–Trinajstić information content (AvgIpc) is 3.19. The van der Waals surface area contributed by atoms with Crippen LogP contribution in [0.1, 0.15) is 58.6 Å². The van der Waals surface area contributed by atoms with Gasteiger partial charge in [-0.25, -0.2) is 4.79 Å². The molecule has 1 aliphatic rings. The molecule has 0 radical (unpaired) electrons. The number of aliphatic carboxylic acids is 1. The maximum atomic E-state index is 12.9. The zero-order chi connectivity index (χ0) is 30.4. The number of hydrogen-bond acceptors (Lipinski definition) is 9. The van der Waals surface area contributed by atoms with E-state index in [4.69, 9.17) is 14.2 Å². The Morgan fingerprint density at radius 2 is 1.41 bits per heavy atom. The maximum absolute atomic E-state index is 12.9. The second-order valence-corrected chi connectivity index (χ2v) is 11.6. The molecule has 0 aliphatic heterocycles. The van der Waals surface area contributed by atoms with Crippen molar-refractivity contribution in [1.29, 1.82) is 0 Å². The molecule has 0 aromatic heterocycles. The highest BCUT2D eigenvalue weighted by atomic mass is 16.6. The van der Waals surface area contributed by atoms with Gasteiger partial charge in [-0.1, -0.05) is 69.3 Å². The minimum absolute atomic E-state index is 0.0317. The van der Waals surface area contributed by atoms with Crippen LogP contribution in [0, 0.1) is 0 Å². The zero-order valence-corrected chi connectivity index (χ0v) is 24.2. The molecule has 2 aromatic rings. The monoisotopic (exact) mass is 567 g/mol. The molecule has 1 amide bonds. The van der Waals surface area contributed by atoms with E-state index in [1.807, 2.05) is 48.5 Å². The molecule has 0 fully saturated rings. The first kappa shape index (κ1) is 31.4. The minimum Gasteiger partial charge on any atom is -0.599 e. The third kappa shape index (κ3) is 9.21. The predicted octanol–water partition coefficient (Wildman–Crippen LogP) is 1.82. The lowest BCUT2D eigenvalue weighted by molar-refractivity contribution is -0.261. The molecule has 222 valence electrons. The van der Waals surface area contributed by atoms with Crippen LogP contribution >= 0.6 is 0 Å². The number of rotatable bonds is 10. The van der Waals surface area contributed by atoms with Gasteiger partial charge >= 0.3 is 5.97 Å². The summed E-state index contributed by atoms with van der Waals surface area (Å²) in [6.07, 6.45) is -2.03. The summed E-state index contributed by atoms with van der Waals surface area (Å²) in [5, 5.41) is 36.8. The summed E-state index contributed by atoms with van der Waals surface area (Å²) in [6, 6.07) is 12.7. The summed E-state index contributed by atoms with van der Waals surface area (Å²) in [7, 11) is 0. The van der Waals surface area contributed by atoms with Crippen molar-refractivity contribution in [1.82, 2.24) is 5.32 Å². The third-order valence-corrected chi connectivity index (χ3v) is 5.98. The zero-order valence-electron chi connectivity index (χ0n) is 24.2. The number of amides is 1. The topological polar surface area (TPSA) is 165 Å². The van der Waals surface area contributed by atoms with Crippen LogP contribution in [0.5, 0.6) is 0 Å². The number of carbonyl (C=O) groups is 2. The standard InChI is InChI=1S/C30H39N3O8/c1-29(2,3)40-17-24(33-28(38)41-30(4,5)6)25(34)31-15-23(26(35)36)32-27(37)39-16-22-20-13-9-7-11-18(20)19-12-8-10-14-21(19)22/h7-14,22-24H,15-17H2,1-6H3,(H,31,34)(H,32,37)(H,33,38)(H,35,36)/p-2/t23-,24+/m1/s1. The average molecular weight is 568 g/mol. The summed E-state index contributed by atoms with van der Waals surface area (Å²) in [6.45, 7) is 9.45. The van der Waals surface area contributed by atoms with Gasteiger partial charge in [0.1, 0.15) is 12.2 Å². The maximum Gasteiger partial charge on any atom is 0.330 e. The molecule has 0 unspecified atom stereocenters. The number of carbonyl (C=O) groups excluding carboxylic acids is 1. The van der Waals surface area contributed by atoms with Gasteiger partial charge in [0.2, 0.25) is 5.91 Å². The number of fused-ring (bicyclic) bond motifs is 3. The van der Waals surface area contributed by atoms with Crippen molar-refractivity contribution in [3.63, 3.8) is 0 Å². The Bertz CT molecular complexity index is 1250. The Morgan fingerprint density at radius 1 is 0.878 bits per heavy atom. The van der Waals surface area contributed by atoms with E-state index in [-0.39, 0.29) is 19.1 Å². The first-order valence-electron chi connectivity index (χ1n) is 13.3. The van der Waals surface area contributed by atoms with Crippen LogP contribution in [0.3, 0.4) is 0 Å². The van der Waals surface area contributed by atoms with Gasteiger partial charge < -0.3 is 34.8 Å². The van der Waals surface area contributed by atoms with E-state index in [1.165, 1.54) is 0 Å². The van der Waals surface area contributed by atoms with Gasteiger partial charge in [-0.2, -0.15) is 0 Å². The van der Waals surface area contributed by atoms with Crippen LogP contribution in [-0.4, -0.2) is 72.2 Å². The van der Waals surface area contributed by atoms with Crippen molar-refractivity contribution < 1.29 is 39.1 Å². The second kappa shape index (κ2) is 13.0. The second-order valence-electron chi connectivity index (χ2n) is 11.6. The van der Waals surface area contributed by atoms with E-state index in [9.17, 15) is 24.9 Å². The highest BCUT2D eigenvalue weighted by Gasteiger charge is 2.28. The van der Waals surface area contributed by atoms with Crippen LogP contribution in [0.4, 0.5) is 0 Å². The molecule has 0 heterocycles. The Hall–Kier alpha value is -4.12. The van der Waals surface area contributed by atoms with Gasteiger partial charge in [0.25, 0.3) is 0 Å². The van der Waals surface area contributed by atoms with Gasteiger partial charge in [-0.05, 0) is 43.0 Å². The molecule has 3 rings (SSSR count). The van der Waals surface area contributed by atoms with Gasteiger partial charge in [0.15, 0.2) is 12.1 Å². The fourth-order valence-electron chi connectivity index (χ4n) is 4.18. The summed E-state index contributed by atoms with van der Waals surface area (Å²) in [4.78, 5) is 32.1. The molecule has 0 saturated carbocycles. The van der Waals surface area contributed by atoms with Crippen molar-refractivity contribution in [3.8, 4) is 11.1 Å². The predicted molar refractivity (Wildman–Crippen MR) is 149 cm³/mol. The number of nitrogens with one attached hydrogen (secondary N) is 1. The molecule has 41 heavy (non-hydrogen) atoms. The van der Waals surface area contributed by atoms with Crippen LogP contribution in [0.2, 0.25) is 0 Å². The highest BCUT2D eigenvalue weighted by molar-refractivity contribution is 5.85. The van der Waals surface area contributed by atoms with Gasteiger partial charge in [-0.3, -0.25) is 14.8 Å². The van der Waals surface area contributed by atoms with Crippen LogP contribution in [0.25, 0.3) is 11.1 Å². The number of nitrogens with zero attached hydrogens (tertiary/aromatic N) is 2. The molecule has 0 spiro atoms. The Morgan fingerprint density at radius 3 is 1.93 bits per heavy atom. The third-order valence-electron chi connectivity index (χ3n) is 5.98. The number of hydrogen-bond donors (Lipinski definition) is 2. The highest BCUT2D eigenvalue weighted by Crippen LogP contribution is 2.44. The number of carboxylic acids is 1. The smallest absolute Gasteiger partial charge is 0.330 e. The summed E-state index contributed by atoms with van der Waals surface area (Å²) < 4.78 is 16.1. The molecular weight excluding hydrogens is 530 g/mol. The Labute approximate surface area is 239 Å². The van der Waals surface area contributed by atoms with Gasteiger partial charge in [0, 0.05) is 18.1 Å². The Balaban J connectivity index is 1.67. The molecule has 11 heteroatoms. The Kier molecular flexibility index (Phi) is 9.98. The van der Waals surface area contributed by atoms with E-state index >= 15 is 0 Å².